The number of likely N-dealkylation sites (N-methyl/N-ethyl adjacent to an activating group) is 1. The van der Waals surface area contributed by atoms with E-state index in [1.54, 1.807) is 24.3 Å². The van der Waals surface area contributed by atoms with Gasteiger partial charge >= 0.3 is 0 Å². The van der Waals surface area contributed by atoms with Crippen LogP contribution in [-0.4, -0.2) is 23.4 Å². The van der Waals surface area contributed by atoms with E-state index in [0.29, 0.717) is 5.56 Å². The SMILES string of the molecule is CN(C/C=C/c1ccccc1[N+](=O)[O-])Cc1ccccc1. The molecule has 0 aliphatic carbocycles. The fourth-order valence-electron chi connectivity index (χ4n) is 2.11. The fraction of sp³-hybridized carbons (Fsp3) is 0.176. The van der Waals surface area contributed by atoms with Crippen LogP contribution in [0, 0.1) is 10.1 Å². The van der Waals surface area contributed by atoms with Crippen molar-refractivity contribution in [2.75, 3.05) is 13.6 Å². The second kappa shape index (κ2) is 7.36. The largest absolute Gasteiger partial charge is 0.298 e. The molecule has 0 radical (unpaired) electrons. The molecule has 2 aromatic rings. The summed E-state index contributed by atoms with van der Waals surface area (Å²) in [5.74, 6) is 0. The van der Waals surface area contributed by atoms with E-state index in [-0.39, 0.29) is 10.6 Å². The maximum Gasteiger partial charge on any atom is 0.276 e. The van der Waals surface area contributed by atoms with Crippen LogP contribution in [0.2, 0.25) is 0 Å². The molecule has 108 valence electrons. The first-order valence-electron chi connectivity index (χ1n) is 6.79. The minimum absolute atomic E-state index is 0.138. The summed E-state index contributed by atoms with van der Waals surface area (Å²) in [4.78, 5) is 12.7. The van der Waals surface area contributed by atoms with Crippen LogP contribution in [0.5, 0.6) is 0 Å². The zero-order valence-electron chi connectivity index (χ0n) is 12.0. The van der Waals surface area contributed by atoms with Crippen molar-refractivity contribution >= 4 is 11.8 Å². The molecule has 0 fully saturated rings. The minimum Gasteiger partial charge on any atom is -0.298 e. The molecule has 0 N–H and O–H groups in total. The second-order valence-corrected chi connectivity index (χ2v) is 4.90. The highest BCUT2D eigenvalue weighted by atomic mass is 16.6. The van der Waals surface area contributed by atoms with Gasteiger partial charge in [0.25, 0.3) is 5.69 Å². The van der Waals surface area contributed by atoms with Gasteiger partial charge in [-0.3, -0.25) is 15.0 Å². The van der Waals surface area contributed by atoms with Crippen molar-refractivity contribution in [1.29, 1.82) is 0 Å². The first-order chi connectivity index (χ1) is 10.2. The van der Waals surface area contributed by atoms with Gasteiger partial charge in [0.2, 0.25) is 0 Å². The Balaban J connectivity index is 1.95. The summed E-state index contributed by atoms with van der Waals surface area (Å²) >= 11 is 0. The van der Waals surface area contributed by atoms with Crippen LogP contribution in [0.3, 0.4) is 0 Å². The summed E-state index contributed by atoms with van der Waals surface area (Å²) in [6.45, 7) is 1.59. The Bertz CT molecular complexity index is 624. The molecular formula is C17H18N2O2. The molecule has 0 aromatic heterocycles. The Morgan fingerprint density at radius 3 is 2.48 bits per heavy atom. The molecule has 4 heteroatoms. The Labute approximate surface area is 124 Å². The summed E-state index contributed by atoms with van der Waals surface area (Å²) < 4.78 is 0. The van der Waals surface area contributed by atoms with E-state index in [4.69, 9.17) is 0 Å². The molecule has 0 unspecified atom stereocenters. The standard InChI is InChI=1S/C17H18N2O2/c1-18(14-15-8-3-2-4-9-15)13-7-11-16-10-5-6-12-17(16)19(20)21/h2-12H,13-14H2,1H3/b11-7+. The molecule has 0 amide bonds. The van der Waals surface area contributed by atoms with Crippen LogP contribution in [0.4, 0.5) is 5.69 Å². The van der Waals surface area contributed by atoms with E-state index in [0.717, 1.165) is 13.1 Å². The lowest BCUT2D eigenvalue weighted by molar-refractivity contribution is -0.385. The molecule has 0 aliphatic heterocycles. The number of para-hydroxylation sites is 1. The van der Waals surface area contributed by atoms with Crippen LogP contribution in [0.25, 0.3) is 6.08 Å². The van der Waals surface area contributed by atoms with Crippen molar-refractivity contribution in [3.8, 4) is 0 Å². The molecule has 2 rings (SSSR count). The monoisotopic (exact) mass is 282 g/mol. The van der Waals surface area contributed by atoms with E-state index in [1.165, 1.54) is 11.6 Å². The molecule has 0 atom stereocenters. The number of nitrogens with zero attached hydrogens (tertiary/aromatic N) is 2. The number of hydrogen-bond acceptors (Lipinski definition) is 3. The van der Waals surface area contributed by atoms with Crippen LogP contribution >= 0.6 is 0 Å². The van der Waals surface area contributed by atoms with Gasteiger partial charge in [-0.15, -0.1) is 0 Å². The van der Waals surface area contributed by atoms with Crippen molar-refractivity contribution < 1.29 is 4.92 Å². The maximum atomic E-state index is 10.9. The highest BCUT2D eigenvalue weighted by Crippen LogP contribution is 2.18. The van der Waals surface area contributed by atoms with Gasteiger partial charge in [-0.25, -0.2) is 0 Å². The molecule has 0 spiro atoms. The molecule has 4 nitrogen and oxygen atoms in total. The summed E-state index contributed by atoms with van der Waals surface area (Å²) in [6.07, 6.45) is 3.75. The maximum absolute atomic E-state index is 10.9. The van der Waals surface area contributed by atoms with E-state index >= 15 is 0 Å². The molecule has 2 aromatic carbocycles. The Morgan fingerprint density at radius 1 is 1.10 bits per heavy atom. The predicted octanol–water partition coefficient (Wildman–Crippen LogP) is 3.74. The smallest absolute Gasteiger partial charge is 0.276 e. The van der Waals surface area contributed by atoms with Gasteiger partial charge in [0.1, 0.15) is 0 Å². The summed E-state index contributed by atoms with van der Waals surface area (Å²) in [6, 6.07) is 17.0. The highest BCUT2D eigenvalue weighted by Gasteiger charge is 2.08. The van der Waals surface area contributed by atoms with Crippen molar-refractivity contribution in [3.63, 3.8) is 0 Å². The molecule has 0 saturated heterocycles. The quantitative estimate of drug-likeness (QED) is 0.599. The Morgan fingerprint density at radius 2 is 1.76 bits per heavy atom. The summed E-state index contributed by atoms with van der Waals surface area (Å²) in [5.41, 5.74) is 2.02. The van der Waals surface area contributed by atoms with Gasteiger partial charge < -0.3 is 0 Å². The van der Waals surface area contributed by atoms with E-state index < -0.39 is 0 Å². The van der Waals surface area contributed by atoms with Crippen LogP contribution in [-0.2, 0) is 6.54 Å². The molecule has 0 saturated carbocycles. The lowest BCUT2D eigenvalue weighted by Crippen LogP contribution is -2.17. The molecule has 0 heterocycles. The highest BCUT2D eigenvalue weighted by molar-refractivity contribution is 5.60. The number of benzene rings is 2. The topological polar surface area (TPSA) is 46.4 Å². The van der Waals surface area contributed by atoms with Gasteiger partial charge in [-0.05, 0) is 18.7 Å². The van der Waals surface area contributed by atoms with E-state index in [1.807, 2.05) is 31.3 Å². The second-order valence-electron chi connectivity index (χ2n) is 4.90. The fourth-order valence-corrected chi connectivity index (χ4v) is 2.11. The zero-order chi connectivity index (χ0) is 15.1. The Hall–Kier alpha value is -2.46. The van der Waals surface area contributed by atoms with Gasteiger partial charge in [0, 0.05) is 19.2 Å². The summed E-state index contributed by atoms with van der Waals surface area (Å²) in [5, 5.41) is 10.9. The van der Waals surface area contributed by atoms with Crippen LogP contribution in [0.1, 0.15) is 11.1 Å². The van der Waals surface area contributed by atoms with Crippen molar-refractivity contribution in [2.24, 2.45) is 0 Å². The van der Waals surface area contributed by atoms with Gasteiger partial charge in [0.15, 0.2) is 0 Å². The van der Waals surface area contributed by atoms with Crippen LogP contribution in [0.15, 0.2) is 60.7 Å². The molecule has 21 heavy (non-hydrogen) atoms. The van der Waals surface area contributed by atoms with Crippen LogP contribution < -0.4 is 0 Å². The first-order valence-corrected chi connectivity index (χ1v) is 6.79. The number of nitro benzene ring substituents is 1. The lowest BCUT2D eigenvalue weighted by Gasteiger charge is -2.14. The van der Waals surface area contributed by atoms with Gasteiger partial charge in [-0.2, -0.15) is 0 Å². The number of rotatable bonds is 6. The lowest BCUT2D eigenvalue weighted by atomic mass is 10.1. The average molecular weight is 282 g/mol. The number of nitro groups is 1. The predicted molar refractivity (Wildman–Crippen MR) is 84.9 cm³/mol. The molecule has 0 aliphatic rings. The van der Waals surface area contributed by atoms with Crippen molar-refractivity contribution in [2.45, 2.75) is 6.54 Å². The average Bonchev–Trinajstić information content (AvgIpc) is 2.48. The van der Waals surface area contributed by atoms with Crippen molar-refractivity contribution in [3.05, 3.63) is 81.9 Å². The number of hydrogen-bond donors (Lipinski definition) is 0. The first kappa shape index (κ1) is 14.9. The Kier molecular flexibility index (Phi) is 5.23. The zero-order valence-corrected chi connectivity index (χ0v) is 12.0. The third kappa shape index (κ3) is 4.54. The van der Waals surface area contributed by atoms with E-state index in [2.05, 4.69) is 17.0 Å². The van der Waals surface area contributed by atoms with Gasteiger partial charge in [-0.1, -0.05) is 54.6 Å². The summed E-state index contributed by atoms with van der Waals surface area (Å²) in [7, 11) is 2.02. The van der Waals surface area contributed by atoms with Gasteiger partial charge in [0.05, 0.1) is 10.5 Å². The van der Waals surface area contributed by atoms with E-state index in [9.17, 15) is 10.1 Å². The molecule has 0 bridgehead atoms. The molecular weight excluding hydrogens is 264 g/mol. The third-order valence-electron chi connectivity index (χ3n) is 3.14. The normalized spacial score (nSPS) is 11.1. The minimum atomic E-state index is -0.354. The van der Waals surface area contributed by atoms with Crippen molar-refractivity contribution in [1.82, 2.24) is 4.90 Å². The third-order valence-corrected chi connectivity index (χ3v) is 3.14.